The highest BCUT2D eigenvalue weighted by Crippen LogP contribution is 2.38. The van der Waals surface area contributed by atoms with Gasteiger partial charge in [0, 0.05) is 45.2 Å². The van der Waals surface area contributed by atoms with E-state index in [0.717, 1.165) is 38.9 Å². The van der Waals surface area contributed by atoms with E-state index in [4.69, 9.17) is 0 Å². The van der Waals surface area contributed by atoms with Crippen LogP contribution in [-0.2, 0) is 19.4 Å². The molecule has 0 saturated carbocycles. The maximum Gasteiger partial charge on any atom is 0.320 e. The summed E-state index contributed by atoms with van der Waals surface area (Å²) in [6.07, 6.45) is 6.32. The van der Waals surface area contributed by atoms with Gasteiger partial charge in [-0.2, -0.15) is 0 Å². The van der Waals surface area contributed by atoms with Crippen LogP contribution in [0.1, 0.15) is 38.5 Å². The lowest BCUT2D eigenvalue weighted by atomic mass is 9.76. The normalized spacial score (nSPS) is 34.2. The van der Waals surface area contributed by atoms with Gasteiger partial charge in [-0.05, 0) is 43.9 Å². The molecule has 2 bridgehead atoms. The first-order chi connectivity index (χ1) is 12.8. The number of amides is 3. The fourth-order valence-corrected chi connectivity index (χ4v) is 6.30. The highest BCUT2D eigenvalue weighted by Gasteiger charge is 2.45. The van der Waals surface area contributed by atoms with E-state index in [-0.39, 0.29) is 12.1 Å². The fraction of sp³-hybridized carbons (Fsp3) is 0.889. The van der Waals surface area contributed by atoms with Crippen molar-refractivity contribution in [2.75, 3.05) is 39.0 Å². The Balaban J connectivity index is 1.34. The summed E-state index contributed by atoms with van der Waals surface area (Å²) in [7, 11) is -3.20. The van der Waals surface area contributed by atoms with Crippen LogP contribution in [0.3, 0.4) is 0 Å². The topological polar surface area (TPSA) is 96.0 Å². The number of carbonyl (C=O) groups excluding carboxylic acids is 2. The number of nitrogens with one attached hydrogen (secondary N) is 1. The van der Waals surface area contributed by atoms with Crippen LogP contribution in [0.5, 0.6) is 0 Å². The largest absolute Gasteiger partial charge is 0.598 e. The first-order valence-corrected chi connectivity index (χ1v) is 12.0. The quantitative estimate of drug-likeness (QED) is 0.692. The molecule has 3 unspecified atom stereocenters. The van der Waals surface area contributed by atoms with Crippen molar-refractivity contribution in [1.82, 2.24) is 19.4 Å². The van der Waals surface area contributed by atoms with Crippen LogP contribution >= 0.6 is 0 Å². The van der Waals surface area contributed by atoms with Crippen LogP contribution in [0.15, 0.2) is 0 Å². The lowest BCUT2D eigenvalue weighted by Crippen LogP contribution is -2.62. The van der Waals surface area contributed by atoms with Gasteiger partial charge in [-0.15, -0.1) is 4.72 Å². The zero-order valence-corrected chi connectivity index (χ0v) is 16.8. The molecule has 4 saturated heterocycles. The second-order valence-electron chi connectivity index (χ2n) is 8.71. The molecular formula is C18H30N4O4S. The van der Waals surface area contributed by atoms with Gasteiger partial charge in [0.25, 0.3) is 0 Å². The molecule has 8 nitrogen and oxygen atoms in total. The van der Waals surface area contributed by atoms with Gasteiger partial charge in [0.05, 0.1) is 6.04 Å². The highest BCUT2D eigenvalue weighted by atomic mass is 32.3. The number of nitrogens with zero attached hydrogens (tertiary/aromatic N) is 3. The van der Waals surface area contributed by atoms with Gasteiger partial charge in [-0.25, -0.2) is 4.79 Å². The zero-order chi connectivity index (χ0) is 19.2. The third kappa shape index (κ3) is 4.14. The molecule has 4 aliphatic rings. The SMILES string of the molecule is C[S+](=O)([O-])NC1CCN(C(=O)N2CC3CC(C2)[C@H]2CCCC(=O)N2C3)CC1. The van der Waals surface area contributed by atoms with Crippen LogP contribution in [0.2, 0.25) is 0 Å². The summed E-state index contributed by atoms with van der Waals surface area (Å²) in [6.45, 7) is 3.45. The number of urea groups is 1. The van der Waals surface area contributed by atoms with E-state index in [1.54, 1.807) is 0 Å². The van der Waals surface area contributed by atoms with Crippen LogP contribution < -0.4 is 4.72 Å². The van der Waals surface area contributed by atoms with E-state index in [2.05, 4.69) is 9.62 Å². The molecule has 0 aromatic rings. The molecule has 27 heavy (non-hydrogen) atoms. The molecule has 1 N–H and O–H groups in total. The number of hydrogen-bond donors (Lipinski definition) is 1. The number of carbonyl (C=O) groups is 2. The van der Waals surface area contributed by atoms with Crippen LogP contribution in [0.4, 0.5) is 4.79 Å². The Morgan fingerprint density at radius 2 is 1.89 bits per heavy atom. The second-order valence-corrected chi connectivity index (χ2v) is 10.5. The Kier molecular flexibility index (Phi) is 5.20. The summed E-state index contributed by atoms with van der Waals surface area (Å²) < 4.78 is 25.4. The number of fused-ring (bicyclic) bond motifs is 4. The van der Waals surface area contributed by atoms with E-state index in [9.17, 15) is 18.4 Å². The smallest absolute Gasteiger partial charge is 0.320 e. The lowest BCUT2D eigenvalue weighted by molar-refractivity contribution is -0.144. The van der Waals surface area contributed by atoms with Crippen molar-refractivity contribution in [3.05, 3.63) is 0 Å². The van der Waals surface area contributed by atoms with Gasteiger partial charge in [-0.3, -0.25) is 4.79 Å². The summed E-state index contributed by atoms with van der Waals surface area (Å²) in [5.74, 6) is 1.08. The van der Waals surface area contributed by atoms with E-state index in [1.807, 2.05) is 9.80 Å². The van der Waals surface area contributed by atoms with E-state index < -0.39 is 10.4 Å². The Labute approximate surface area is 162 Å². The van der Waals surface area contributed by atoms with Gasteiger partial charge in [-0.1, -0.05) is 4.21 Å². The third-order valence-electron chi connectivity index (χ3n) is 6.60. The zero-order valence-electron chi connectivity index (χ0n) is 16.0. The number of sulfonamides is 1. The molecule has 4 heterocycles. The minimum atomic E-state index is -3.20. The summed E-state index contributed by atoms with van der Waals surface area (Å²) in [5.41, 5.74) is 0. The number of likely N-dealkylation sites (tertiary alicyclic amines) is 2. The maximum atomic E-state index is 13.0. The average Bonchev–Trinajstić information content (AvgIpc) is 2.61. The summed E-state index contributed by atoms with van der Waals surface area (Å²) in [5, 5.41) is 0. The minimum Gasteiger partial charge on any atom is -0.598 e. The fourth-order valence-electron chi connectivity index (χ4n) is 5.46. The second kappa shape index (κ2) is 7.33. The molecule has 4 atom stereocenters. The average molecular weight is 399 g/mol. The maximum absolute atomic E-state index is 13.0. The molecule has 4 rings (SSSR count). The number of piperidine rings is 4. The molecule has 152 valence electrons. The Morgan fingerprint density at radius 1 is 1.15 bits per heavy atom. The van der Waals surface area contributed by atoms with Gasteiger partial charge < -0.3 is 19.3 Å². The molecule has 4 fully saturated rings. The van der Waals surface area contributed by atoms with Gasteiger partial charge in [0.15, 0.2) is 0 Å². The summed E-state index contributed by atoms with van der Waals surface area (Å²) >= 11 is 0. The molecule has 0 aliphatic carbocycles. The monoisotopic (exact) mass is 398 g/mol. The van der Waals surface area contributed by atoms with Crippen molar-refractivity contribution in [2.45, 2.75) is 50.6 Å². The van der Waals surface area contributed by atoms with Gasteiger partial charge >= 0.3 is 6.03 Å². The predicted octanol–water partition coefficient (Wildman–Crippen LogP) is 0.668. The summed E-state index contributed by atoms with van der Waals surface area (Å²) in [6, 6.07) is 0.312. The molecule has 9 heteroatoms. The van der Waals surface area contributed by atoms with E-state index >= 15 is 0 Å². The van der Waals surface area contributed by atoms with Crippen molar-refractivity contribution in [1.29, 1.82) is 0 Å². The Hall–Kier alpha value is -1.19. The van der Waals surface area contributed by atoms with Crippen molar-refractivity contribution in [3.8, 4) is 0 Å². The van der Waals surface area contributed by atoms with Crippen molar-refractivity contribution in [3.63, 3.8) is 0 Å². The first kappa shape index (κ1) is 19.1. The van der Waals surface area contributed by atoms with Crippen LogP contribution in [-0.4, -0.2) is 82.3 Å². The van der Waals surface area contributed by atoms with Crippen LogP contribution in [0.25, 0.3) is 0 Å². The number of rotatable bonds is 2. The molecule has 0 aromatic carbocycles. The van der Waals surface area contributed by atoms with Gasteiger partial charge in [0.2, 0.25) is 5.91 Å². The lowest BCUT2D eigenvalue weighted by Gasteiger charge is -2.53. The van der Waals surface area contributed by atoms with Crippen molar-refractivity contribution in [2.24, 2.45) is 11.8 Å². The molecule has 0 radical (unpaired) electrons. The third-order valence-corrected chi connectivity index (χ3v) is 7.36. The Morgan fingerprint density at radius 3 is 2.59 bits per heavy atom. The van der Waals surface area contributed by atoms with E-state index in [1.165, 1.54) is 6.26 Å². The predicted molar refractivity (Wildman–Crippen MR) is 100 cm³/mol. The molecule has 3 amide bonds. The minimum absolute atomic E-state index is 0.0772. The van der Waals surface area contributed by atoms with Gasteiger partial charge in [0.1, 0.15) is 16.7 Å². The van der Waals surface area contributed by atoms with E-state index in [0.29, 0.717) is 56.1 Å². The Bertz CT molecular complexity index is 645. The summed E-state index contributed by atoms with van der Waals surface area (Å²) in [4.78, 5) is 31.2. The first-order valence-electron chi connectivity index (χ1n) is 10.1. The molecule has 4 aliphatic heterocycles. The highest BCUT2D eigenvalue weighted by molar-refractivity contribution is 7.95. The standard InChI is InChI=1S/C18H30N4O4S/c1-27(25,26)19-15-5-7-20(8-6-15)18(24)21-10-13-9-14(12-21)16-3-2-4-17(23)22(16)11-13/h13-16H,2-12H2,1H3,(H-,19,25,26)/t13?,14?,16-/m1/s1. The van der Waals surface area contributed by atoms with Crippen LogP contribution in [0, 0.1) is 11.8 Å². The molecular weight excluding hydrogens is 368 g/mol. The number of hydrogen-bond acceptors (Lipinski definition) is 4. The van der Waals surface area contributed by atoms with Crippen molar-refractivity contribution >= 4 is 22.3 Å². The molecule has 0 spiro atoms. The van der Waals surface area contributed by atoms with Crippen molar-refractivity contribution < 1.29 is 18.4 Å². The molecule has 0 aromatic heterocycles.